The van der Waals surface area contributed by atoms with E-state index < -0.39 is 63.2 Å². The van der Waals surface area contributed by atoms with E-state index in [4.69, 9.17) is 4.52 Å². The second-order valence-electron chi connectivity index (χ2n) is 9.77. The van der Waals surface area contributed by atoms with E-state index in [2.05, 4.69) is 17.2 Å². The van der Waals surface area contributed by atoms with Crippen molar-refractivity contribution < 1.29 is 54.9 Å². The van der Waals surface area contributed by atoms with Gasteiger partial charge in [0.15, 0.2) is 0 Å². The van der Waals surface area contributed by atoms with Crippen LogP contribution in [-0.4, -0.2) is 86.0 Å². The van der Waals surface area contributed by atoms with Gasteiger partial charge < -0.3 is 50.3 Å². The normalized spacial score (nSPS) is 30.4. The smallest absolute Gasteiger partial charge is 0.268 e. The van der Waals surface area contributed by atoms with Crippen LogP contribution < -0.4 is 10.6 Å². The molecule has 0 aliphatic heterocycles. The summed E-state index contributed by atoms with van der Waals surface area (Å²) in [6.45, 7) is 1.69. The number of aliphatic hydroxyl groups excluding tert-OH is 6. The molecule has 0 heterocycles. The third-order valence-corrected chi connectivity index (χ3v) is 7.53. The van der Waals surface area contributed by atoms with Gasteiger partial charge in [0.2, 0.25) is 0 Å². The Morgan fingerprint density at radius 1 is 0.833 bits per heavy atom. The first-order valence-corrected chi connectivity index (χ1v) is 14.7. The van der Waals surface area contributed by atoms with Crippen LogP contribution in [0.4, 0.5) is 0 Å². The Morgan fingerprint density at radius 3 is 1.78 bits per heavy atom. The summed E-state index contributed by atoms with van der Waals surface area (Å²) >= 11 is 0. The molecule has 11 nitrogen and oxygen atoms in total. The lowest BCUT2D eigenvalue weighted by molar-refractivity contribution is -0.439. The standard InChI is InChI=1S/C24H48NO10P/c1-2-3-4-5-6-7-8-9-10-11-12-13-14-15-18(26)17(25)16-34-36(32,33)35-24-22(30)20(28)19(27)21(29)23(24)31/h14-15,17-24,26-31H,2-13,16,25H2,1H3,(H,32,33). The fourth-order valence-corrected chi connectivity index (χ4v) is 5.09. The molecule has 0 saturated heterocycles. The van der Waals surface area contributed by atoms with Crippen molar-refractivity contribution in [3.8, 4) is 0 Å². The molecule has 1 aliphatic carbocycles. The Labute approximate surface area is 214 Å². The first-order valence-electron chi connectivity index (χ1n) is 13.2. The van der Waals surface area contributed by atoms with Gasteiger partial charge in [-0.05, 0) is 12.8 Å². The summed E-state index contributed by atoms with van der Waals surface area (Å²) in [5.41, 5.74) is 3.68. The number of rotatable bonds is 19. The van der Waals surface area contributed by atoms with Gasteiger partial charge in [0.05, 0.1) is 0 Å². The van der Waals surface area contributed by atoms with E-state index in [0.717, 1.165) is 19.3 Å². The van der Waals surface area contributed by atoms with Crippen molar-refractivity contribution in [3.63, 3.8) is 0 Å². The topological polar surface area (TPSA) is 208 Å². The Hall–Kier alpha value is -0.430. The van der Waals surface area contributed by atoms with Crippen LogP contribution in [0.5, 0.6) is 0 Å². The highest BCUT2D eigenvalue weighted by Crippen LogP contribution is 2.43. The minimum Gasteiger partial charge on any atom is -0.756 e. The van der Waals surface area contributed by atoms with Crippen molar-refractivity contribution in [2.24, 2.45) is 0 Å². The SMILES string of the molecule is CCCCCCCCCCCCCC=CC(O)C([NH3+])COP(=O)([O-])OC1C(O)C(O)C(O)C(O)C1O. The zero-order valence-corrected chi connectivity index (χ0v) is 22.3. The van der Waals surface area contributed by atoms with E-state index in [1.165, 1.54) is 63.9 Å². The second kappa shape index (κ2) is 18.0. The van der Waals surface area contributed by atoms with Gasteiger partial charge in [0, 0.05) is 0 Å². The maximum atomic E-state index is 12.1. The van der Waals surface area contributed by atoms with Crippen LogP contribution in [0, 0.1) is 0 Å². The Morgan fingerprint density at radius 2 is 1.28 bits per heavy atom. The van der Waals surface area contributed by atoms with E-state index in [1.54, 1.807) is 0 Å². The lowest BCUT2D eigenvalue weighted by Crippen LogP contribution is -2.68. The number of unbranched alkanes of at least 4 members (excludes halogenated alkanes) is 11. The lowest BCUT2D eigenvalue weighted by atomic mass is 9.85. The maximum absolute atomic E-state index is 12.1. The van der Waals surface area contributed by atoms with E-state index in [0.29, 0.717) is 0 Å². The highest BCUT2D eigenvalue weighted by molar-refractivity contribution is 7.45. The van der Waals surface area contributed by atoms with Gasteiger partial charge in [-0.15, -0.1) is 0 Å². The molecule has 36 heavy (non-hydrogen) atoms. The van der Waals surface area contributed by atoms with Crippen molar-refractivity contribution in [1.82, 2.24) is 0 Å². The third-order valence-electron chi connectivity index (χ3n) is 6.56. The monoisotopic (exact) mass is 541 g/mol. The molecule has 0 radical (unpaired) electrons. The quantitative estimate of drug-likeness (QED) is 0.0656. The van der Waals surface area contributed by atoms with Gasteiger partial charge in [0.25, 0.3) is 7.82 Å². The average Bonchev–Trinajstić information content (AvgIpc) is 2.85. The number of phosphoric ester groups is 1. The summed E-state index contributed by atoms with van der Waals surface area (Å²) in [5, 5.41) is 58.8. The van der Waals surface area contributed by atoms with Crippen LogP contribution >= 0.6 is 7.82 Å². The summed E-state index contributed by atoms with van der Waals surface area (Å²) in [4.78, 5) is 12.1. The predicted octanol–water partition coefficient (Wildman–Crippen LogP) is -0.0966. The number of quaternary nitrogens is 1. The number of hydrogen-bond acceptors (Lipinski definition) is 10. The molecule has 214 valence electrons. The highest BCUT2D eigenvalue weighted by Gasteiger charge is 2.50. The number of hydrogen-bond donors (Lipinski definition) is 7. The van der Waals surface area contributed by atoms with Gasteiger partial charge in [-0.1, -0.05) is 83.3 Å². The molecule has 9 N–H and O–H groups in total. The van der Waals surface area contributed by atoms with Gasteiger partial charge in [-0.2, -0.15) is 0 Å². The van der Waals surface area contributed by atoms with Gasteiger partial charge in [-0.3, -0.25) is 4.57 Å². The van der Waals surface area contributed by atoms with Gasteiger partial charge in [-0.25, -0.2) is 0 Å². The van der Waals surface area contributed by atoms with Crippen LogP contribution in [-0.2, 0) is 13.6 Å². The summed E-state index contributed by atoms with van der Waals surface area (Å²) in [6.07, 6.45) is 5.19. The Kier molecular flexibility index (Phi) is 16.8. The number of allylic oxidation sites excluding steroid dienone is 1. The predicted molar refractivity (Wildman–Crippen MR) is 131 cm³/mol. The van der Waals surface area contributed by atoms with E-state index in [9.17, 15) is 40.1 Å². The highest BCUT2D eigenvalue weighted by atomic mass is 31.2. The lowest BCUT2D eigenvalue weighted by Gasteiger charge is -2.43. The summed E-state index contributed by atoms with van der Waals surface area (Å²) in [7, 11) is -5.11. The van der Waals surface area contributed by atoms with Crippen LogP contribution in [0.25, 0.3) is 0 Å². The molecule has 0 amide bonds. The third kappa shape index (κ3) is 12.4. The zero-order valence-electron chi connectivity index (χ0n) is 21.4. The molecule has 1 saturated carbocycles. The molecule has 0 aromatic rings. The number of phosphoric acid groups is 1. The summed E-state index contributed by atoms with van der Waals surface area (Å²) in [6, 6.07) is -0.844. The Balaban J connectivity index is 2.23. The molecule has 7 atom stereocenters. The molecule has 0 spiro atoms. The van der Waals surface area contributed by atoms with Gasteiger partial charge >= 0.3 is 0 Å². The fourth-order valence-electron chi connectivity index (χ4n) is 4.11. The summed E-state index contributed by atoms with van der Waals surface area (Å²) < 4.78 is 21.4. The van der Waals surface area contributed by atoms with Crippen molar-refractivity contribution in [2.75, 3.05) is 6.61 Å². The average molecular weight is 542 g/mol. The van der Waals surface area contributed by atoms with Crippen molar-refractivity contribution in [1.29, 1.82) is 0 Å². The van der Waals surface area contributed by atoms with Crippen LogP contribution in [0.2, 0.25) is 0 Å². The minimum atomic E-state index is -5.11. The number of aliphatic hydroxyl groups is 6. The fraction of sp³-hybridized carbons (Fsp3) is 0.917. The van der Waals surface area contributed by atoms with Crippen LogP contribution in [0.15, 0.2) is 12.2 Å². The zero-order chi connectivity index (χ0) is 27.1. The van der Waals surface area contributed by atoms with Crippen molar-refractivity contribution in [3.05, 3.63) is 12.2 Å². The first kappa shape index (κ1) is 33.6. The molecule has 0 aromatic carbocycles. The second-order valence-corrected chi connectivity index (χ2v) is 11.1. The molecule has 12 heteroatoms. The largest absolute Gasteiger partial charge is 0.756 e. The van der Waals surface area contributed by atoms with Gasteiger partial charge in [0.1, 0.15) is 55.4 Å². The molecule has 1 rings (SSSR count). The minimum absolute atomic E-state index is 0.530. The Bertz CT molecular complexity index is 638. The molecule has 7 unspecified atom stereocenters. The maximum Gasteiger partial charge on any atom is 0.268 e. The van der Waals surface area contributed by atoms with E-state index in [1.807, 2.05) is 6.08 Å². The summed E-state index contributed by atoms with van der Waals surface area (Å²) in [5.74, 6) is 0. The van der Waals surface area contributed by atoms with Crippen LogP contribution in [0.3, 0.4) is 0 Å². The first-order chi connectivity index (χ1) is 17.0. The van der Waals surface area contributed by atoms with E-state index >= 15 is 0 Å². The molecule has 0 aromatic heterocycles. The molecule has 0 bridgehead atoms. The molecular weight excluding hydrogens is 493 g/mol. The molecule has 1 fully saturated rings. The van der Waals surface area contributed by atoms with Crippen LogP contribution in [0.1, 0.15) is 84.0 Å². The molecular formula is C24H48NO10P. The van der Waals surface area contributed by atoms with Crippen molar-refractivity contribution in [2.45, 2.75) is 133 Å². The van der Waals surface area contributed by atoms with E-state index in [-0.39, 0.29) is 0 Å². The molecule has 1 aliphatic rings. The van der Waals surface area contributed by atoms with Crippen molar-refractivity contribution >= 4 is 7.82 Å².